The maximum atomic E-state index is 12.4. The van der Waals surface area contributed by atoms with Gasteiger partial charge in [0.25, 0.3) is 0 Å². The number of aromatic hydroxyl groups is 8. The predicted molar refractivity (Wildman–Crippen MR) is 223 cm³/mol. The third-order valence-electron chi connectivity index (χ3n) is 10.4. The van der Waals surface area contributed by atoms with E-state index in [0.717, 1.165) is 11.1 Å². The van der Waals surface area contributed by atoms with Crippen LogP contribution in [0.3, 0.4) is 0 Å². The molecule has 6 aromatic rings. The monoisotopic (exact) mass is 756 g/mol. The third kappa shape index (κ3) is 7.22. The first-order valence-corrected chi connectivity index (χ1v) is 18.7. The molecule has 0 heterocycles. The van der Waals surface area contributed by atoms with E-state index in [9.17, 15) is 40.9 Å². The average Bonchev–Trinajstić information content (AvgIpc) is 3.14. The van der Waals surface area contributed by atoms with Crippen molar-refractivity contribution in [3.63, 3.8) is 0 Å². The standard InChI is InChI=1S/C46H48N2O8/c1-23(2)35-31-19-25(5)37(43(53)39(31)33(41(51)45(35)55)21-47-17-15-27-7-11-29(49)12-8-27)38-26(6)20-32-36(24(3)4)46(56)42(52)34(40(32)44(38)54)22-48-18-16-28-9-13-30(50)14-10-28/h7-14,19-24,49-56H,15-18H2,1-6H3. The maximum absolute atomic E-state index is 12.4. The van der Waals surface area contributed by atoms with Gasteiger partial charge in [0, 0.05) is 69.7 Å². The topological polar surface area (TPSA) is 187 Å². The van der Waals surface area contributed by atoms with Crippen molar-refractivity contribution in [3.05, 3.63) is 105 Å². The molecule has 0 saturated carbocycles. The second-order valence-corrected chi connectivity index (χ2v) is 14.9. The smallest absolute Gasteiger partial charge is 0.167 e. The third-order valence-corrected chi connectivity index (χ3v) is 10.4. The molecule has 0 amide bonds. The Kier molecular flexibility index (Phi) is 11.0. The minimum Gasteiger partial charge on any atom is -0.508 e. The van der Waals surface area contributed by atoms with Crippen LogP contribution in [0.1, 0.15) is 84.0 Å². The molecule has 0 spiro atoms. The van der Waals surface area contributed by atoms with Gasteiger partial charge in [-0.15, -0.1) is 0 Å². The molecule has 0 aliphatic rings. The Morgan fingerprint density at radius 3 is 1.14 bits per heavy atom. The van der Waals surface area contributed by atoms with Crippen molar-refractivity contribution in [3.8, 4) is 57.1 Å². The van der Waals surface area contributed by atoms with Crippen molar-refractivity contribution in [2.45, 2.75) is 66.2 Å². The SMILES string of the molecule is Cc1cc2c(C(C)C)c(O)c(O)c(C=NCCc3ccc(O)cc3)c2c(O)c1-c1c(C)cc2c(C(C)C)c(O)c(O)c(C=NCCc3ccc(O)cc3)c2c1O. The first-order valence-electron chi connectivity index (χ1n) is 18.7. The van der Waals surface area contributed by atoms with E-state index >= 15 is 0 Å². The average molecular weight is 757 g/mol. The van der Waals surface area contributed by atoms with E-state index in [1.807, 2.05) is 39.8 Å². The lowest BCUT2D eigenvalue weighted by Crippen LogP contribution is -2.01. The molecule has 0 atom stereocenters. The highest BCUT2D eigenvalue weighted by atomic mass is 16.3. The molecule has 6 aromatic carbocycles. The number of nitrogens with zero attached hydrogens (tertiary/aromatic N) is 2. The molecule has 56 heavy (non-hydrogen) atoms. The highest BCUT2D eigenvalue weighted by Crippen LogP contribution is 2.54. The quantitative estimate of drug-likeness (QED) is 0.0474. The van der Waals surface area contributed by atoms with Gasteiger partial charge < -0.3 is 40.9 Å². The maximum Gasteiger partial charge on any atom is 0.167 e. The zero-order valence-corrected chi connectivity index (χ0v) is 32.4. The van der Waals surface area contributed by atoms with E-state index in [4.69, 9.17) is 0 Å². The van der Waals surface area contributed by atoms with Crippen molar-refractivity contribution in [2.24, 2.45) is 9.98 Å². The normalized spacial score (nSPS) is 12.1. The van der Waals surface area contributed by atoms with E-state index in [0.29, 0.717) is 59.0 Å². The Morgan fingerprint density at radius 1 is 0.482 bits per heavy atom. The second-order valence-electron chi connectivity index (χ2n) is 14.9. The van der Waals surface area contributed by atoms with Gasteiger partial charge in [0.05, 0.1) is 0 Å². The summed E-state index contributed by atoms with van der Waals surface area (Å²) in [7, 11) is 0. The molecule has 8 N–H and O–H groups in total. The van der Waals surface area contributed by atoms with Crippen LogP contribution >= 0.6 is 0 Å². The molecule has 0 fully saturated rings. The zero-order valence-electron chi connectivity index (χ0n) is 32.4. The van der Waals surface area contributed by atoms with Gasteiger partial charge in [0.2, 0.25) is 0 Å². The summed E-state index contributed by atoms with van der Waals surface area (Å²) in [5, 5.41) is 90.9. The van der Waals surface area contributed by atoms with Crippen molar-refractivity contribution >= 4 is 34.0 Å². The molecule has 10 heteroatoms. The molecule has 0 radical (unpaired) electrons. The van der Waals surface area contributed by atoms with Gasteiger partial charge in [-0.3, -0.25) is 9.98 Å². The van der Waals surface area contributed by atoms with Gasteiger partial charge >= 0.3 is 0 Å². The summed E-state index contributed by atoms with van der Waals surface area (Å²) in [6.07, 6.45) is 3.93. The summed E-state index contributed by atoms with van der Waals surface area (Å²) >= 11 is 0. The fourth-order valence-corrected chi connectivity index (χ4v) is 7.65. The summed E-state index contributed by atoms with van der Waals surface area (Å²) < 4.78 is 0. The molecule has 0 saturated heterocycles. The lowest BCUT2D eigenvalue weighted by Gasteiger charge is -2.23. The highest BCUT2D eigenvalue weighted by Gasteiger charge is 2.29. The van der Waals surface area contributed by atoms with Crippen LogP contribution in [0.15, 0.2) is 70.6 Å². The van der Waals surface area contributed by atoms with Crippen LogP contribution in [0.25, 0.3) is 32.7 Å². The van der Waals surface area contributed by atoms with Crippen LogP contribution in [-0.4, -0.2) is 66.4 Å². The fourth-order valence-electron chi connectivity index (χ4n) is 7.65. The van der Waals surface area contributed by atoms with Crippen LogP contribution in [0, 0.1) is 13.8 Å². The minimum atomic E-state index is -0.438. The van der Waals surface area contributed by atoms with Crippen molar-refractivity contribution < 1.29 is 40.9 Å². The van der Waals surface area contributed by atoms with Gasteiger partial charge in [-0.25, -0.2) is 0 Å². The van der Waals surface area contributed by atoms with E-state index in [1.54, 1.807) is 62.4 Å². The summed E-state index contributed by atoms with van der Waals surface area (Å²) in [5.41, 5.74) is 4.69. The molecule has 0 aliphatic heterocycles. The van der Waals surface area contributed by atoms with Gasteiger partial charge in [0.1, 0.15) is 23.0 Å². The number of aliphatic imine (C=N–C) groups is 2. The largest absolute Gasteiger partial charge is 0.508 e. The first kappa shape index (κ1) is 39.3. The predicted octanol–water partition coefficient (Wildman–Crippen LogP) is 9.49. The van der Waals surface area contributed by atoms with Crippen LogP contribution < -0.4 is 0 Å². The van der Waals surface area contributed by atoms with Crippen molar-refractivity contribution in [1.29, 1.82) is 0 Å². The van der Waals surface area contributed by atoms with Crippen LogP contribution in [0.5, 0.6) is 46.0 Å². The summed E-state index contributed by atoms with van der Waals surface area (Å²) in [6, 6.07) is 17.2. The van der Waals surface area contributed by atoms with Crippen LogP contribution in [-0.2, 0) is 12.8 Å². The number of rotatable bonds is 11. The molecule has 6 rings (SSSR count). The summed E-state index contributed by atoms with van der Waals surface area (Å²) in [4.78, 5) is 9.09. The second kappa shape index (κ2) is 15.7. The van der Waals surface area contributed by atoms with Crippen molar-refractivity contribution in [2.75, 3.05) is 13.1 Å². The molecule has 290 valence electrons. The first-order chi connectivity index (χ1) is 26.6. The number of benzene rings is 6. The lowest BCUT2D eigenvalue weighted by molar-refractivity contribution is 0.398. The van der Waals surface area contributed by atoms with Crippen molar-refractivity contribution in [1.82, 2.24) is 0 Å². The van der Waals surface area contributed by atoms with Gasteiger partial charge in [-0.1, -0.05) is 64.1 Å². The number of hydrogen-bond acceptors (Lipinski definition) is 10. The Labute approximate surface area is 325 Å². The fraction of sp³-hybridized carbons (Fsp3) is 0.261. The Balaban J connectivity index is 1.56. The van der Waals surface area contributed by atoms with Crippen LogP contribution in [0.2, 0.25) is 0 Å². The molecule has 0 unspecified atom stereocenters. The highest BCUT2D eigenvalue weighted by molar-refractivity contribution is 6.15. The van der Waals surface area contributed by atoms with E-state index < -0.39 is 11.5 Å². The molecule has 10 nitrogen and oxygen atoms in total. The number of fused-ring (bicyclic) bond motifs is 2. The number of aryl methyl sites for hydroxylation is 2. The number of phenols is 8. The molecule has 0 aromatic heterocycles. The minimum absolute atomic E-state index is 0.107. The molecular weight excluding hydrogens is 709 g/mol. The van der Waals surface area contributed by atoms with Gasteiger partial charge in [-0.2, -0.15) is 0 Å². The summed E-state index contributed by atoms with van der Waals surface area (Å²) in [5.74, 6) is -2.16. The zero-order chi connectivity index (χ0) is 40.6. The molecule has 0 aliphatic carbocycles. The Morgan fingerprint density at radius 2 is 0.821 bits per heavy atom. The Bertz CT molecular complexity index is 2340. The molecular formula is C46H48N2O8. The van der Waals surface area contributed by atoms with Gasteiger partial charge in [0.15, 0.2) is 23.0 Å². The lowest BCUT2D eigenvalue weighted by atomic mass is 9.83. The molecule has 0 bridgehead atoms. The van der Waals surface area contributed by atoms with E-state index in [-0.39, 0.29) is 79.4 Å². The van der Waals surface area contributed by atoms with Gasteiger partial charge in [-0.05, 0) is 95.8 Å². The van der Waals surface area contributed by atoms with Crippen LogP contribution in [0.4, 0.5) is 0 Å². The number of hydrogen-bond donors (Lipinski definition) is 8. The Hall–Kier alpha value is -6.42. The summed E-state index contributed by atoms with van der Waals surface area (Å²) in [6.45, 7) is 11.7. The van der Waals surface area contributed by atoms with E-state index in [2.05, 4.69) is 9.98 Å². The number of phenolic OH excluding ortho intramolecular Hbond substituents is 8. The van der Waals surface area contributed by atoms with E-state index in [1.165, 1.54) is 12.4 Å².